The standard InChI is InChI=1S/C21H23NO3/c1-14-8-10-18(11-9-14)12-13-19(23)25-17(4)21(24)22-20-15(2)6-5-7-16(20)3/h5-13,17H,1-4H3,(H,22,24)/b13-12+/t17-/m1/s1. The SMILES string of the molecule is Cc1ccc(/C=C/C(=O)O[C@H](C)C(=O)Nc2c(C)cccc2C)cc1. The van der Waals surface area contributed by atoms with Gasteiger partial charge in [-0.1, -0.05) is 48.0 Å². The summed E-state index contributed by atoms with van der Waals surface area (Å²) in [5.41, 5.74) is 4.73. The molecule has 2 aromatic rings. The molecular formula is C21H23NO3. The van der Waals surface area contributed by atoms with Gasteiger partial charge < -0.3 is 10.1 Å². The first-order valence-electron chi connectivity index (χ1n) is 8.19. The van der Waals surface area contributed by atoms with Crippen LogP contribution in [0.15, 0.2) is 48.5 Å². The summed E-state index contributed by atoms with van der Waals surface area (Å²) in [6, 6.07) is 13.5. The minimum absolute atomic E-state index is 0.352. The number of anilines is 1. The van der Waals surface area contributed by atoms with Crippen molar-refractivity contribution in [1.29, 1.82) is 0 Å². The molecule has 2 aromatic carbocycles. The van der Waals surface area contributed by atoms with E-state index < -0.39 is 12.1 Å². The minimum Gasteiger partial charge on any atom is -0.449 e. The highest BCUT2D eigenvalue weighted by Crippen LogP contribution is 2.19. The van der Waals surface area contributed by atoms with Crippen molar-refractivity contribution in [3.8, 4) is 0 Å². The number of carbonyl (C=O) groups excluding carboxylic acids is 2. The van der Waals surface area contributed by atoms with Crippen LogP contribution >= 0.6 is 0 Å². The third-order valence-corrected chi connectivity index (χ3v) is 3.88. The van der Waals surface area contributed by atoms with Crippen molar-refractivity contribution in [3.05, 3.63) is 70.8 Å². The molecule has 130 valence electrons. The molecule has 0 saturated carbocycles. The number of aryl methyl sites for hydroxylation is 3. The van der Waals surface area contributed by atoms with Crippen molar-refractivity contribution < 1.29 is 14.3 Å². The quantitative estimate of drug-likeness (QED) is 0.657. The van der Waals surface area contributed by atoms with Crippen LogP contribution < -0.4 is 5.32 Å². The molecule has 2 rings (SSSR count). The molecule has 0 aliphatic carbocycles. The van der Waals surface area contributed by atoms with Gasteiger partial charge in [-0.15, -0.1) is 0 Å². The first kappa shape index (κ1) is 18.5. The molecule has 0 fully saturated rings. The third-order valence-electron chi connectivity index (χ3n) is 3.88. The number of hydrogen-bond acceptors (Lipinski definition) is 3. The van der Waals surface area contributed by atoms with E-state index in [4.69, 9.17) is 4.74 Å². The van der Waals surface area contributed by atoms with Gasteiger partial charge in [-0.2, -0.15) is 0 Å². The van der Waals surface area contributed by atoms with Gasteiger partial charge in [0.2, 0.25) is 0 Å². The number of amides is 1. The maximum Gasteiger partial charge on any atom is 0.331 e. The fourth-order valence-corrected chi connectivity index (χ4v) is 2.35. The predicted octanol–water partition coefficient (Wildman–Crippen LogP) is 4.20. The van der Waals surface area contributed by atoms with Gasteiger partial charge in [0.1, 0.15) is 0 Å². The number of carbonyl (C=O) groups is 2. The molecule has 4 nitrogen and oxygen atoms in total. The maximum absolute atomic E-state index is 12.3. The fourth-order valence-electron chi connectivity index (χ4n) is 2.35. The molecule has 0 aliphatic heterocycles. The van der Waals surface area contributed by atoms with Crippen LogP contribution in [-0.4, -0.2) is 18.0 Å². The average Bonchev–Trinajstić information content (AvgIpc) is 2.57. The van der Waals surface area contributed by atoms with Crippen molar-refractivity contribution in [1.82, 2.24) is 0 Å². The first-order chi connectivity index (χ1) is 11.9. The number of benzene rings is 2. The van der Waals surface area contributed by atoms with Crippen LogP contribution in [0.1, 0.15) is 29.2 Å². The molecule has 25 heavy (non-hydrogen) atoms. The highest BCUT2D eigenvalue weighted by atomic mass is 16.5. The molecule has 0 radical (unpaired) electrons. The Morgan fingerprint density at radius 1 is 1.00 bits per heavy atom. The molecule has 0 unspecified atom stereocenters. The topological polar surface area (TPSA) is 55.4 Å². The van der Waals surface area contributed by atoms with Crippen LogP contribution in [0.5, 0.6) is 0 Å². The zero-order valence-electron chi connectivity index (χ0n) is 15.0. The second-order valence-electron chi connectivity index (χ2n) is 6.08. The van der Waals surface area contributed by atoms with E-state index in [0.29, 0.717) is 0 Å². The molecule has 0 aromatic heterocycles. The molecule has 0 aliphatic rings. The summed E-state index contributed by atoms with van der Waals surface area (Å²) in [5.74, 6) is -0.904. The Balaban J connectivity index is 1.94. The summed E-state index contributed by atoms with van der Waals surface area (Å²) in [6.07, 6.45) is 2.11. The largest absolute Gasteiger partial charge is 0.449 e. The van der Waals surface area contributed by atoms with Crippen molar-refractivity contribution >= 4 is 23.6 Å². The van der Waals surface area contributed by atoms with E-state index >= 15 is 0 Å². The number of rotatable bonds is 5. The monoisotopic (exact) mass is 337 g/mol. The smallest absolute Gasteiger partial charge is 0.331 e. The highest BCUT2D eigenvalue weighted by Gasteiger charge is 2.18. The molecule has 1 N–H and O–H groups in total. The second-order valence-corrected chi connectivity index (χ2v) is 6.08. The zero-order valence-corrected chi connectivity index (χ0v) is 15.0. The van der Waals surface area contributed by atoms with Crippen LogP contribution in [-0.2, 0) is 14.3 Å². The summed E-state index contributed by atoms with van der Waals surface area (Å²) in [7, 11) is 0. The summed E-state index contributed by atoms with van der Waals surface area (Å²) in [6.45, 7) is 7.39. The second kappa shape index (κ2) is 8.29. The van der Waals surface area contributed by atoms with Gasteiger partial charge in [-0.3, -0.25) is 4.79 Å². The Bertz CT molecular complexity index is 771. The third kappa shape index (κ3) is 5.31. The van der Waals surface area contributed by atoms with Gasteiger partial charge in [-0.25, -0.2) is 4.79 Å². The zero-order chi connectivity index (χ0) is 18.4. The van der Waals surface area contributed by atoms with E-state index in [9.17, 15) is 9.59 Å². The van der Waals surface area contributed by atoms with Crippen molar-refractivity contribution in [2.75, 3.05) is 5.32 Å². The van der Waals surface area contributed by atoms with Crippen molar-refractivity contribution in [2.24, 2.45) is 0 Å². The lowest BCUT2D eigenvalue weighted by atomic mass is 10.1. The van der Waals surface area contributed by atoms with Crippen LogP contribution in [0.3, 0.4) is 0 Å². The Morgan fingerprint density at radius 3 is 2.20 bits per heavy atom. The number of nitrogens with one attached hydrogen (secondary N) is 1. The Kier molecular flexibility index (Phi) is 6.12. The molecular weight excluding hydrogens is 314 g/mol. The molecule has 0 spiro atoms. The summed E-state index contributed by atoms with van der Waals surface area (Å²) in [5, 5.41) is 2.82. The van der Waals surface area contributed by atoms with Gasteiger partial charge in [-0.05, 0) is 50.5 Å². The number of para-hydroxylation sites is 1. The lowest BCUT2D eigenvalue weighted by Crippen LogP contribution is -2.30. The lowest BCUT2D eigenvalue weighted by molar-refractivity contribution is -0.148. The fraction of sp³-hybridized carbons (Fsp3) is 0.238. The number of esters is 1. The van der Waals surface area contributed by atoms with Crippen molar-refractivity contribution in [2.45, 2.75) is 33.8 Å². The number of hydrogen-bond donors (Lipinski definition) is 1. The molecule has 1 amide bonds. The minimum atomic E-state index is -0.880. The predicted molar refractivity (Wildman–Crippen MR) is 100 cm³/mol. The summed E-state index contributed by atoms with van der Waals surface area (Å²) in [4.78, 5) is 24.1. The van der Waals surface area contributed by atoms with Crippen LogP contribution in [0, 0.1) is 20.8 Å². The first-order valence-corrected chi connectivity index (χ1v) is 8.19. The van der Waals surface area contributed by atoms with Crippen LogP contribution in [0.25, 0.3) is 6.08 Å². The molecule has 0 heterocycles. The normalized spacial score (nSPS) is 12.0. The molecule has 4 heteroatoms. The van der Waals surface area contributed by atoms with E-state index in [0.717, 1.165) is 27.9 Å². The van der Waals surface area contributed by atoms with Gasteiger partial charge in [0.05, 0.1) is 0 Å². The Labute approximate surface area is 148 Å². The number of ether oxygens (including phenoxy) is 1. The van der Waals surface area contributed by atoms with Crippen molar-refractivity contribution in [3.63, 3.8) is 0 Å². The van der Waals surface area contributed by atoms with E-state index in [-0.39, 0.29) is 5.91 Å². The van der Waals surface area contributed by atoms with Gasteiger partial charge in [0.15, 0.2) is 6.10 Å². The molecule has 0 saturated heterocycles. The van der Waals surface area contributed by atoms with E-state index in [2.05, 4.69) is 5.32 Å². The Morgan fingerprint density at radius 2 is 1.60 bits per heavy atom. The van der Waals surface area contributed by atoms with Gasteiger partial charge in [0, 0.05) is 11.8 Å². The van der Waals surface area contributed by atoms with Crippen LogP contribution in [0.2, 0.25) is 0 Å². The van der Waals surface area contributed by atoms with E-state index in [1.807, 2.05) is 63.2 Å². The average molecular weight is 337 g/mol. The van der Waals surface area contributed by atoms with Gasteiger partial charge in [0.25, 0.3) is 5.91 Å². The molecule has 1 atom stereocenters. The Hall–Kier alpha value is -2.88. The summed E-state index contributed by atoms with van der Waals surface area (Å²) >= 11 is 0. The highest BCUT2D eigenvalue weighted by molar-refractivity contribution is 5.97. The van der Waals surface area contributed by atoms with E-state index in [1.165, 1.54) is 6.08 Å². The molecule has 0 bridgehead atoms. The van der Waals surface area contributed by atoms with Gasteiger partial charge >= 0.3 is 5.97 Å². The lowest BCUT2D eigenvalue weighted by Gasteiger charge is -2.15. The maximum atomic E-state index is 12.3. The van der Waals surface area contributed by atoms with E-state index in [1.54, 1.807) is 13.0 Å². The summed E-state index contributed by atoms with van der Waals surface area (Å²) < 4.78 is 5.17. The van der Waals surface area contributed by atoms with Crippen LogP contribution in [0.4, 0.5) is 5.69 Å².